The number of halogens is 2. The second kappa shape index (κ2) is 6.53. The van der Waals surface area contributed by atoms with Gasteiger partial charge in [0.25, 0.3) is 0 Å². The first kappa shape index (κ1) is 14.5. The number of hydrogen-bond acceptors (Lipinski definition) is 2. The molecule has 0 radical (unpaired) electrons. The lowest BCUT2D eigenvalue weighted by molar-refractivity contribution is 0.147. The summed E-state index contributed by atoms with van der Waals surface area (Å²) in [5.74, 6) is -0.167. The predicted octanol–water partition coefficient (Wildman–Crippen LogP) is 3.88. The molecule has 100 valence electrons. The highest BCUT2D eigenvalue weighted by atomic mass is 79.9. The van der Waals surface area contributed by atoms with Gasteiger partial charge in [0.2, 0.25) is 0 Å². The van der Waals surface area contributed by atoms with Gasteiger partial charge in [-0.05, 0) is 23.3 Å². The van der Waals surface area contributed by atoms with Gasteiger partial charge >= 0.3 is 0 Å². The summed E-state index contributed by atoms with van der Waals surface area (Å²) in [6.07, 6.45) is -0.715. The Labute approximate surface area is 126 Å². The Morgan fingerprint density at radius 1 is 1.16 bits per heavy atom. The number of aliphatic hydroxyl groups is 1. The van der Waals surface area contributed by atoms with Crippen molar-refractivity contribution in [3.05, 3.63) is 69.2 Å². The van der Waals surface area contributed by atoms with Crippen LogP contribution in [0.15, 0.2) is 53.0 Å². The Kier molecular flexibility index (Phi) is 4.99. The second-order valence-electron chi connectivity index (χ2n) is 4.36. The maximum atomic E-state index is 10.5. The van der Waals surface area contributed by atoms with E-state index in [1.807, 2.05) is 42.5 Å². The molecule has 0 heterocycles. The fourth-order valence-electron chi connectivity index (χ4n) is 2.11. The molecule has 0 saturated carbocycles. The molecule has 0 aromatic heterocycles. The molecule has 2 rings (SSSR count). The summed E-state index contributed by atoms with van der Waals surface area (Å²) >= 11 is 9.54. The highest BCUT2D eigenvalue weighted by Gasteiger charge is 2.23. The van der Waals surface area contributed by atoms with E-state index in [1.54, 1.807) is 6.07 Å². The first-order chi connectivity index (χ1) is 9.13. The summed E-state index contributed by atoms with van der Waals surface area (Å²) in [5, 5.41) is 11.1. The lowest BCUT2D eigenvalue weighted by atomic mass is 9.89. The van der Waals surface area contributed by atoms with Crippen LogP contribution in [0.1, 0.15) is 23.1 Å². The molecule has 2 nitrogen and oxygen atoms in total. The monoisotopic (exact) mass is 339 g/mol. The number of benzene rings is 2. The minimum absolute atomic E-state index is 0.167. The van der Waals surface area contributed by atoms with Gasteiger partial charge in [0.1, 0.15) is 0 Å². The molecule has 4 heteroatoms. The third kappa shape index (κ3) is 3.37. The minimum atomic E-state index is -0.715. The number of aliphatic hydroxyl groups excluding tert-OH is 1. The summed E-state index contributed by atoms with van der Waals surface area (Å²) in [4.78, 5) is 0. The van der Waals surface area contributed by atoms with Gasteiger partial charge in [-0.1, -0.05) is 63.9 Å². The van der Waals surface area contributed by atoms with Crippen LogP contribution >= 0.6 is 27.5 Å². The van der Waals surface area contributed by atoms with E-state index in [0.29, 0.717) is 17.1 Å². The third-order valence-corrected chi connectivity index (χ3v) is 3.96. The molecule has 2 aromatic rings. The summed E-state index contributed by atoms with van der Waals surface area (Å²) in [6.45, 7) is 0.359. The van der Waals surface area contributed by atoms with Gasteiger partial charge in [-0.3, -0.25) is 0 Å². The van der Waals surface area contributed by atoms with Crippen LogP contribution in [0.2, 0.25) is 5.02 Å². The molecule has 0 aliphatic carbocycles. The quantitative estimate of drug-likeness (QED) is 0.887. The molecule has 2 unspecified atom stereocenters. The number of hydrogen-bond donors (Lipinski definition) is 2. The normalized spacial score (nSPS) is 14.1. The van der Waals surface area contributed by atoms with Crippen LogP contribution in [0.5, 0.6) is 0 Å². The smallest absolute Gasteiger partial charge is 0.0885 e. The summed E-state index contributed by atoms with van der Waals surface area (Å²) in [6, 6.07) is 15.2. The molecule has 3 N–H and O–H groups in total. The van der Waals surface area contributed by atoms with Gasteiger partial charge in [0.15, 0.2) is 0 Å². The zero-order valence-electron chi connectivity index (χ0n) is 10.3. The van der Waals surface area contributed by atoms with Gasteiger partial charge < -0.3 is 10.8 Å². The first-order valence-electron chi connectivity index (χ1n) is 6.01. The van der Waals surface area contributed by atoms with Crippen molar-refractivity contribution < 1.29 is 5.11 Å². The second-order valence-corrected chi connectivity index (χ2v) is 5.69. The van der Waals surface area contributed by atoms with Gasteiger partial charge in [-0.15, -0.1) is 0 Å². The standard InChI is InChI=1S/C15H15BrClNO/c16-11-6-7-12(14(17)8-11)15(19)13(9-18)10-4-2-1-3-5-10/h1-8,13,15,19H,9,18H2. The van der Waals surface area contributed by atoms with Crippen molar-refractivity contribution in [3.8, 4) is 0 Å². The van der Waals surface area contributed by atoms with Crippen LogP contribution in [0, 0.1) is 0 Å². The van der Waals surface area contributed by atoms with Crippen LogP contribution in [-0.4, -0.2) is 11.7 Å². The Bertz CT molecular complexity index is 547. The SMILES string of the molecule is NCC(c1ccccc1)C(O)c1ccc(Br)cc1Cl. The van der Waals surface area contributed by atoms with E-state index in [2.05, 4.69) is 15.9 Å². The van der Waals surface area contributed by atoms with E-state index >= 15 is 0 Å². The maximum absolute atomic E-state index is 10.5. The molecular formula is C15H15BrClNO. The highest BCUT2D eigenvalue weighted by Crippen LogP contribution is 2.35. The van der Waals surface area contributed by atoms with E-state index in [-0.39, 0.29) is 5.92 Å². The molecule has 0 fully saturated rings. The topological polar surface area (TPSA) is 46.2 Å². The van der Waals surface area contributed by atoms with Crippen molar-refractivity contribution in [2.75, 3.05) is 6.54 Å². The lowest BCUT2D eigenvalue weighted by Crippen LogP contribution is -2.20. The van der Waals surface area contributed by atoms with Gasteiger partial charge in [-0.2, -0.15) is 0 Å². The Morgan fingerprint density at radius 2 is 1.84 bits per heavy atom. The Morgan fingerprint density at radius 3 is 2.42 bits per heavy atom. The average molecular weight is 341 g/mol. The zero-order valence-corrected chi connectivity index (χ0v) is 12.6. The van der Waals surface area contributed by atoms with Gasteiger partial charge in [0, 0.05) is 22.0 Å². The zero-order chi connectivity index (χ0) is 13.8. The molecule has 0 aliphatic heterocycles. The van der Waals surface area contributed by atoms with E-state index in [0.717, 1.165) is 10.0 Å². The maximum Gasteiger partial charge on any atom is 0.0885 e. The third-order valence-electron chi connectivity index (χ3n) is 3.14. The molecule has 0 bridgehead atoms. The fourth-order valence-corrected chi connectivity index (χ4v) is 2.89. The highest BCUT2D eigenvalue weighted by molar-refractivity contribution is 9.10. The Hall–Kier alpha value is -0.870. The van der Waals surface area contributed by atoms with Crippen molar-refractivity contribution >= 4 is 27.5 Å². The van der Waals surface area contributed by atoms with E-state index in [9.17, 15) is 5.11 Å². The average Bonchev–Trinajstić information content (AvgIpc) is 2.40. The molecule has 2 aromatic carbocycles. The lowest BCUT2D eigenvalue weighted by Gasteiger charge is -2.23. The summed E-state index contributed by atoms with van der Waals surface area (Å²) in [5.41, 5.74) is 7.52. The molecular weight excluding hydrogens is 326 g/mol. The van der Waals surface area contributed by atoms with Crippen molar-refractivity contribution in [2.45, 2.75) is 12.0 Å². The largest absolute Gasteiger partial charge is 0.388 e. The summed E-state index contributed by atoms with van der Waals surface area (Å²) < 4.78 is 0.887. The van der Waals surface area contributed by atoms with E-state index < -0.39 is 6.10 Å². The Balaban J connectivity index is 2.33. The summed E-state index contributed by atoms with van der Waals surface area (Å²) in [7, 11) is 0. The van der Waals surface area contributed by atoms with Crippen LogP contribution in [0.4, 0.5) is 0 Å². The molecule has 0 spiro atoms. The molecule has 0 amide bonds. The van der Waals surface area contributed by atoms with Gasteiger partial charge in [-0.25, -0.2) is 0 Å². The first-order valence-corrected chi connectivity index (χ1v) is 7.18. The fraction of sp³-hybridized carbons (Fsp3) is 0.200. The van der Waals surface area contributed by atoms with Crippen molar-refractivity contribution in [2.24, 2.45) is 5.73 Å². The van der Waals surface area contributed by atoms with Gasteiger partial charge in [0.05, 0.1) is 6.10 Å². The van der Waals surface area contributed by atoms with Crippen molar-refractivity contribution in [3.63, 3.8) is 0 Å². The minimum Gasteiger partial charge on any atom is -0.388 e. The predicted molar refractivity (Wildman–Crippen MR) is 82.3 cm³/mol. The molecule has 0 saturated heterocycles. The van der Waals surface area contributed by atoms with E-state index in [1.165, 1.54) is 0 Å². The number of nitrogens with two attached hydrogens (primary N) is 1. The van der Waals surface area contributed by atoms with Crippen molar-refractivity contribution in [1.29, 1.82) is 0 Å². The van der Waals surface area contributed by atoms with Crippen LogP contribution < -0.4 is 5.73 Å². The molecule has 0 aliphatic rings. The van der Waals surface area contributed by atoms with Crippen LogP contribution in [0.3, 0.4) is 0 Å². The van der Waals surface area contributed by atoms with Crippen LogP contribution in [-0.2, 0) is 0 Å². The van der Waals surface area contributed by atoms with E-state index in [4.69, 9.17) is 17.3 Å². The van der Waals surface area contributed by atoms with Crippen molar-refractivity contribution in [1.82, 2.24) is 0 Å². The van der Waals surface area contributed by atoms with Crippen LogP contribution in [0.25, 0.3) is 0 Å². The number of rotatable bonds is 4. The molecule has 2 atom stereocenters. The molecule has 19 heavy (non-hydrogen) atoms.